The summed E-state index contributed by atoms with van der Waals surface area (Å²) in [7, 11) is 3.32. The molecule has 3 heteroatoms. The van der Waals surface area contributed by atoms with Gasteiger partial charge in [-0.05, 0) is 19.4 Å². The van der Waals surface area contributed by atoms with Crippen molar-refractivity contribution in [2.75, 3.05) is 14.2 Å². The molecule has 1 rings (SSSR count). The molecule has 19 heavy (non-hydrogen) atoms. The van der Waals surface area contributed by atoms with E-state index >= 15 is 0 Å². The molecule has 104 valence electrons. The van der Waals surface area contributed by atoms with Crippen LogP contribution in [-0.2, 0) is 0 Å². The average molecular weight is 261 g/mol. The van der Waals surface area contributed by atoms with Gasteiger partial charge >= 0.3 is 0 Å². The summed E-state index contributed by atoms with van der Waals surface area (Å²) in [6, 6.07) is 6.37. The minimum Gasteiger partial charge on any atom is -0.497 e. The summed E-state index contributed by atoms with van der Waals surface area (Å²) >= 11 is 0. The molecule has 0 heterocycles. The molecule has 0 aliphatic heterocycles. The van der Waals surface area contributed by atoms with E-state index in [-0.39, 0.29) is 6.04 Å². The van der Waals surface area contributed by atoms with Gasteiger partial charge in [-0.3, -0.25) is 0 Å². The van der Waals surface area contributed by atoms with Crippen molar-refractivity contribution >= 4 is 0 Å². The van der Waals surface area contributed by atoms with Crippen molar-refractivity contribution in [2.45, 2.75) is 38.8 Å². The molecule has 0 radical (unpaired) electrons. The smallest absolute Gasteiger partial charge is 0.127 e. The van der Waals surface area contributed by atoms with E-state index in [2.05, 4.69) is 25.1 Å². The van der Waals surface area contributed by atoms with Crippen LogP contribution in [0.15, 0.2) is 18.2 Å². The molecule has 0 aliphatic rings. The number of rotatable bonds is 7. The monoisotopic (exact) mass is 261 g/mol. The van der Waals surface area contributed by atoms with Gasteiger partial charge in [-0.2, -0.15) is 0 Å². The molecule has 1 aromatic carbocycles. The van der Waals surface area contributed by atoms with Crippen molar-refractivity contribution < 1.29 is 9.47 Å². The number of terminal acetylenes is 1. The summed E-state index contributed by atoms with van der Waals surface area (Å²) in [5.74, 6) is 4.33. The standard InChI is InChI=1S/C16H23NO2/c1-6-8-13(7-2)17-12(3)15-10-9-14(18-4)11-16(15)19-5/h1,9-13,17H,7-8H2,2-5H3. The Morgan fingerprint density at radius 3 is 2.58 bits per heavy atom. The van der Waals surface area contributed by atoms with Crippen LogP contribution in [0.3, 0.4) is 0 Å². The Morgan fingerprint density at radius 2 is 2.05 bits per heavy atom. The Hall–Kier alpha value is -1.66. The van der Waals surface area contributed by atoms with Crippen molar-refractivity contribution in [3.63, 3.8) is 0 Å². The fourth-order valence-corrected chi connectivity index (χ4v) is 2.08. The van der Waals surface area contributed by atoms with Gasteiger partial charge in [0.2, 0.25) is 0 Å². The summed E-state index contributed by atoms with van der Waals surface area (Å²) in [5, 5.41) is 3.53. The highest BCUT2D eigenvalue weighted by Gasteiger charge is 2.15. The second kappa shape index (κ2) is 7.70. The summed E-state index contributed by atoms with van der Waals surface area (Å²) in [4.78, 5) is 0. The van der Waals surface area contributed by atoms with E-state index in [0.29, 0.717) is 6.04 Å². The van der Waals surface area contributed by atoms with Crippen molar-refractivity contribution in [3.8, 4) is 23.8 Å². The first kappa shape index (κ1) is 15.4. The van der Waals surface area contributed by atoms with E-state index in [4.69, 9.17) is 15.9 Å². The third-order valence-corrected chi connectivity index (χ3v) is 3.25. The Morgan fingerprint density at radius 1 is 1.32 bits per heavy atom. The number of hydrogen-bond acceptors (Lipinski definition) is 3. The Bertz CT molecular complexity index is 437. The highest BCUT2D eigenvalue weighted by molar-refractivity contribution is 5.42. The first-order valence-corrected chi connectivity index (χ1v) is 6.57. The molecular weight excluding hydrogens is 238 g/mol. The van der Waals surface area contributed by atoms with Gasteiger partial charge in [0.15, 0.2) is 0 Å². The van der Waals surface area contributed by atoms with Crippen molar-refractivity contribution in [1.29, 1.82) is 0 Å². The Kier molecular flexibility index (Phi) is 6.24. The van der Waals surface area contributed by atoms with Gasteiger partial charge in [-0.25, -0.2) is 0 Å². The average Bonchev–Trinajstić information content (AvgIpc) is 2.45. The van der Waals surface area contributed by atoms with Crippen LogP contribution in [0, 0.1) is 12.3 Å². The lowest BCUT2D eigenvalue weighted by molar-refractivity contribution is 0.379. The number of methoxy groups -OCH3 is 2. The van der Waals surface area contributed by atoms with Gasteiger partial charge in [-0.15, -0.1) is 12.3 Å². The van der Waals surface area contributed by atoms with Crippen LogP contribution in [-0.4, -0.2) is 20.3 Å². The van der Waals surface area contributed by atoms with Crippen LogP contribution < -0.4 is 14.8 Å². The molecule has 0 fully saturated rings. The normalized spacial score (nSPS) is 13.4. The van der Waals surface area contributed by atoms with Crippen molar-refractivity contribution in [1.82, 2.24) is 5.32 Å². The van der Waals surface area contributed by atoms with E-state index in [9.17, 15) is 0 Å². The zero-order valence-corrected chi connectivity index (χ0v) is 12.2. The maximum Gasteiger partial charge on any atom is 0.127 e. The van der Waals surface area contributed by atoms with E-state index < -0.39 is 0 Å². The van der Waals surface area contributed by atoms with E-state index in [1.54, 1.807) is 14.2 Å². The lowest BCUT2D eigenvalue weighted by atomic mass is 10.0. The number of nitrogens with one attached hydrogen (secondary N) is 1. The molecule has 3 nitrogen and oxygen atoms in total. The number of hydrogen-bond donors (Lipinski definition) is 1. The zero-order valence-electron chi connectivity index (χ0n) is 12.2. The molecule has 0 saturated carbocycles. The predicted molar refractivity (Wildman–Crippen MR) is 78.6 cm³/mol. The first-order valence-electron chi connectivity index (χ1n) is 6.57. The van der Waals surface area contributed by atoms with Crippen LogP contribution in [0.4, 0.5) is 0 Å². The third kappa shape index (κ3) is 4.18. The maximum absolute atomic E-state index is 5.42. The topological polar surface area (TPSA) is 30.5 Å². The van der Waals surface area contributed by atoms with Crippen LogP contribution in [0.5, 0.6) is 11.5 Å². The van der Waals surface area contributed by atoms with E-state index in [1.807, 2.05) is 18.2 Å². The molecule has 2 atom stereocenters. The van der Waals surface area contributed by atoms with Crippen molar-refractivity contribution in [3.05, 3.63) is 23.8 Å². The van der Waals surface area contributed by atoms with Crippen molar-refractivity contribution in [2.24, 2.45) is 0 Å². The molecule has 2 unspecified atom stereocenters. The predicted octanol–water partition coefficient (Wildman–Crippen LogP) is 3.16. The summed E-state index contributed by atoms with van der Waals surface area (Å²) < 4.78 is 10.6. The molecule has 0 saturated heterocycles. The fourth-order valence-electron chi connectivity index (χ4n) is 2.08. The first-order chi connectivity index (χ1) is 9.15. The molecular formula is C16H23NO2. The lowest BCUT2D eigenvalue weighted by Crippen LogP contribution is -2.30. The van der Waals surface area contributed by atoms with Gasteiger partial charge in [0.1, 0.15) is 11.5 Å². The molecule has 1 aromatic rings. The molecule has 1 N–H and O–H groups in total. The highest BCUT2D eigenvalue weighted by Crippen LogP contribution is 2.29. The molecule has 0 amide bonds. The van der Waals surface area contributed by atoms with Gasteiger partial charge in [0, 0.05) is 30.1 Å². The number of benzene rings is 1. The maximum atomic E-state index is 5.42. The Labute approximate surface area is 116 Å². The van der Waals surface area contributed by atoms with Gasteiger partial charge < -0.3 is 14.8 Å². The summed E-state index contributed by atoms with van der Waals surface area (Å²) in [6.07, 6.45) is 7.12. The van der Waals surface area contributed by atoms with Crippen LogP contribution in [0.1, 0.15) is 38.3 Å². The SMILES string of the molecule is C#CCC(CC)NC(C)c1ccc(OC)cc1OC. The quantitative estimate of drug-likeness (QED) is 0.765. The van der Waals surface area contributed by atoms with Crippen LogP contribution >= 0.6 is 0 Å². The third-order valence-electron chi connectivity index (χ3n) is 3.25. The van der Waals surface area contributed by atoms with E-state index in [0.717, 1.165) is 29.9 Å². The second-order valence-electron chi connectivity index (χ2n) is 4.51. The minimum atomic E-state index is 0.180. The van der Waals surface area contributed by atoms with E-state index in [1.165, 1.54) is 0 Å². The summed E-state index contributed by atoms with van der Waals surface area (Å²) in [6.45, 7) is 4.25. The zero-order chi connectivity index (χ0) is 14.3. The molecule has 0 spiro atoms. The van der Waals surface area contributed by atoms with Crippen LogP contribution in [0.25, 0.3) is 0 Å². The second-order valence-corrected chi connectivity index (χ2v) is 4.51. The fraction of sp³-hybridized carbons (Fsp3) is 0.500. The Balaban J connectivity index is 2.86. The molecule has 0 bridgehead atoms. The molecule has 0 aliphatic carbocycles. The number of ether oxygens (including phenoxy) is 2. The lowest BCUT2D eigenvalue weighted by Gasteiger charge is -2.23. The van der Waals surface area contributed by atoms with Gasteiger partial charge in [0.25, 0.3) is 0 Å². The summed E-state index contributed by atoms with van der Waals surface area (Å²) in [5.41, 5.74) is 1.11. The van der Waals surface area contributed by atoms with Crippen LogP contribution in [0.2, 0.25) is 0 Å². The minimum absolute atomic E-state index is 0.180. The largest absolute Gasteiger partial charge is 0.497 e. The highest BCUT2D eigenvalue weighted by atomic mass is 16.5. The van der Waals surface area contributed by atoms with Gasteiger partial charge in [0.05, 0.1) is 14.2 Å². The molecule has 0 aromatic heterocycles. The van der Waals surface area contributed by atoms with Gasteiger partial charge in [-0.1, -0.05) is 13.0 Å².